The number of methoxy groups -OCH3 is 1. The first-order valence-electron chi connectivity index (χ1n) is 9.09. The van der Waals surface area contributed by atoms with Crippen molar-refractivity contribution in [3.05, 3.63) is 36.2 Å². The molecule has 0 N–H and O–H groups in total. The van der Waals surface area contributed by atoms with Gasteiger partial charge in [0, 0.05) is 38.4 Å². The molecule has 3 heterocycles. The van der Waals surface area contributed by atoms with Crippen LogP contribution in [0.5, 0.6) is 5.75 Å². The van der Waals surface area contributed by atoms with E-state index in [0.717, 1.165) is 34.2 Å². The van der Waals surface area contributed by atoms with Crippen LogP contribution in [-0.2, 0) is 0 Å². The molecule has 1 amide bonds. The molecule has 4 rings (SSSR count). The number of ether oxygens (including phenoxy) is 1. The molecule has 2 aromatic heterocycles. The van der Waals surface area contributed by atoms with E-state index in [4.69, 9.17) is 9.72 Å². The van der Waals surface area contributed by atoms with Crippen molar-refractivity contribution < 1.29 is 9.53 Å². The quantitative estimate of drug-likeness (QED) is 0.691. The van der Waals surface area contributed by atoms with Crippen LogP contribution in [0.25, 0.3) is 10.2 Å². The van der Waals surface area contributed by atoms with Crippen LogP contribution < -0.4 is 9.64 Å². The zero-order valence-electron chi connectivity index (χ0n) is 15.8. The lowest BCUT2D eigenvalue weighted by Crippen LogP contribution is -2.49. The minimum Gasteiger partial charge on any atom is -0.497 e. The number of thiazole rings is 1. The van der Waals surface area contributed by atoms with Gasteiger partial charge in [-0.1, -0.05) is 11.3 Å². The Morgan fingerprint density at radius 2 is 1.96 bits per heavy atom. The first kappa shape index (κ1) is 17.8. The summed E-state index contributed by atoms with van der Waals surface area (Å²) in [5, 5.41) is 5.27. The molecule has 1 aromatic carbocycles. The fraction of sp³-hybridized carbons (Fsp3) is 0.421. The van der Waals surface area contributed by atoms with Crippen LogP contribution in [0.4, 0.5) is 5.13 Å². The Kier molecular flexibility index (Phi) is 4.73. The van der Waals surface area contributed by atoms with E-state index in [1.165, 1.54) is 0 Å². The van der Waals surface area contributed by atoms with Gasteiger partial charge in [-0.15, -0.1) is 0 Å². The van der Waals surface area contributed by atoms with E-state index in [1.54, 1.807) is 35.4 Å². The van der Waals surface area contributed by atoms with E-state index in [2.05, 4.69) is 10.00 Å². The zero-order valence-corrected chi connectivity index (χ0v) is 16.6. The van der Waals surface area contributed by atoms with Crippen molar-refractivity contribution in [1.29, 1.82) is 0 Å². The highest BCUT2D eigenvalue weighted by Gasteiger charge is 2.26. The molecule has 0 aliphatic carbocycles. The molecule has 27 heavy (non-hydrogen) atoms. The molecule has 3 aromatic rings. The number of nitrogens with zero attached hydrogens (tertiary/aromatic N) is 5. The van der Waals surface area contributed by atoms with Gasteiger partial charge in [-0.05, 0) is 38.1 Å². The number of piperazine rings is 1. The summed E-state index contributed by atoms with van der Waals surface area (Å²) in [6, 6.07) is 7.90. The summed E-state index contributed by atoms with van der Waals surface area (Å²) in [4.78, 5) is 21.8. The molecule has 7 nitrogen and oxygen atoms in total. The third-order valence-corrected chi connectivity index (χ3v) is 5.88. The maximum absolute atomic E-state index is 12.9. The smallest absolute Gasteiger partial charge is 0.272 e. The van der Waals surface area contributed by atoms with Crippen molar-refractivity contribution in [2.75, 3.05) is 38.2 Å². The van der Waals surface area contributed by atoms with Gasteiger partial charge in [0.1, 0.15) is 11.4 Å². The summed E-state index contributed by atoms with van der Waals surface area (Å²) in [5.41, 5.74) is 1.64. The molecule has 0 unspecified atom stereocenters. The fourth-order valence-corrected chi connectivity index (χ4v) is 4.36. The molecule has 0 atom stereocenters. The number of anilines is 1. The molecule has 1 aliphatic heterocycles. The molecule has 0 spiro atoms. The molecule has 1 aliphatic rings. The lowest BCUT2D eigenvalue weighted by atomic mass is 10.2. The van der Waals surface area contributed by atoms with Crippen molar-refractivity contribution >= 4 is 32.6 Å². The Balaban J connectivity index is 1.45. The summed E-state index contributed by atoms with van der Waals surface area (Å²) >= 11 is 1.66. The van der Waals surface area contributed by atoms with Crippen LogP contribution in [0, 0.1) is 0 Å². The summed E-state index contributed by atoms with van der Waals surface area (Å²) < 4.78 is 8.20. The maximum atomic E-state index is 12.9. The van der Waals surface area contributed by atoms with Gasteiger partial charge in [-0.25, -0.2) is 4.98 Å². The zero-order chi connectivity index (χ0) is 19.0. The van der Waals surface area contributed by atoms with Gasteiger partial charge >= 0.3 is 0 Å². The normalized spacial score (nSPS) is 15.0. The van der Waals surface area contributed by atoms with Gasteiger partial charge in [0.05, 0.1) is 17.3 Å². The molecule has 0 bridgehead atoms. The van der Waals surface area contributed by atoms with E-state index < -0.39 is 0 Å². The Hall–Kier alpha value is -2.61. The van der Waals surface area contributed by atoms with E-state index in [9.17, 15) is 4.79 Å². The molecule has 1 fully saturated rings. The third kappa shape index (κ3) is 3.37. The average molecular weight is 385 g/mol. The number of rotatable bonds is 4. The highest BCUT2D eigenvalue weighted by atomic mass is 32.1. The lowest BCUT2D eigenvalue weighted by Gasteiger charge is -2.34. The first-order valence-corrected chi connectivity index (χ1v) is 9.91. The van der Waals surface area contributed by atoms with Gasteiger partial charge in [0.15, 0.2) is 5.13 Å². The molecule has 0 radical (unpaired) electrons. The highest BCUT2D eigenvalue weighted by molar-refractivity contribution is 7.22. The summed E-state index contributed by atoms with van der Waals surface area (Å²) in [6.07, 6.45) is 1.69. The minimum atomic E-state index is 0.0508. The third-order valence-electron chi connectivity index (χ3n) is 4.80. The second-order valence-electron chi connectivity index (χ2n) is 6.86. The summed E-state index contributed by atoms with van der Waals surface area (Å²) in [5.74, 6) is 0.893. The van der Waals surface area contributed by atoms with Crippen LogP contribution in [-0.4, -0.2) is 58.9 Å². The summed E-state index contributed by atoms with van der Waals surface area (Å²) in [6.45, 7) is 6.98. The number of carbonyl (C=O) groups excluding carboxylic acids is 1. The largest absolute Gasteiger partial charge is 0.497 e. The van der Waals surface area contributed by atoms with Crippen molar-refractivity contribution in [2.45, 2.75) is 19.9 Å². The fourth-order valence-electron chi connectivity index (χ4n) is 3.31. The Bertz CT molecular complexity index is 956. The molecular weight excluding hydrogens is 362 g/mol. The predicted octanol–water partition coefficient (Wildman–Crippen LogP) is 3.04. The Morgan fingerprint density at radius 1 is 1.19 bits per heavy atom. The van der Waals surface area contributed by atoms with E-state index >= 15 is 0 Å². The Labute approximate surface area is 162 Å². The van der Waals surface area contributed by atoms with Crippen molar-refractivity contribution in [2.24, 2.45) is 0 Å². The second kappa shape index (κ2) is 7.19. The average Bonchev–Trinajstić information content (AvgIpc) is 3.34. The van der Waals surface area contributed by atoms with Gasteiger partial charge in [-0.2, -0.15) is 5.10 Å². The number of hydrogen-bond acceptors (Lipinski definition) is 6. The molecule has 142 valence electrons. The van der Waals surface area contributed by atoms with Crippen LogP contribution in [0.2, 0.25) is 0 Å². The van der Waals surface area contributed by atoms with E-state index in [-0.39, 0.29) is 11.9 Å². The standard InChI is InChI=1S/C19H23N5O2S/c1-13(2)24-16(6-7-20-24)18(25)22-8-10-23(11-9-22)19-21-15-5-4-14(26-3)12-17(15)27-19/h4-7,12-13H,8-11H2,1-3H3. The minimum absolute atomic E-state index is 0.0508. The van der Waals surface area contributed by atoms with Gasteiger partial charge in [0.25, 0.3) is 5.91 Å². The topological polar surface area (TPSA) is 63.5 Å². The SMILES string of the molecule is COc1ccc2nc(N3CCN(C(=O)c4ccnn4C(C)C)CC3)sc2c1. The molecule has 1 saturated heterocycles. The molecule has 8 heteroatoms. The molecular formula is C19H23N5O2S. The van der Waals surface area contributed by atoms with Gasteiger partial charge in [-0.3, -0.25) is 9.48 Å². The van der Waals surface area contributed by atoms with E-state index in [1.807, 2.05) is 36.9 Å². The number of hydrogen-bond donors (Lipinski definition) is 0. The van der Waals surface area contributed by atoms with Gasteiger partial charge in [0.2, 0.25) is 0 Å². The van der Waals surface area contributed by atoms with Crippen molar-refractivity contribution in [3.63, 3.8) is 0 Å². The van der Waals surface area contributed by atoms with Gasteiger partial charge < -0.3 is 14.5 Å². The highest BCUT2D eigenvalue weighted by Crippen LogP contribution is 2.32. The van der Waals surface area contributed by atoms with Crippen LogP contribution in [0.3, 0.4) is 0 Å². The van der Waals surface area contributed by atoms with Crippen LogP contribution in [0.1, 0.15) is 30.4 Å². The first-order chi connectivity index (χ1) is 13.1. The lowest BCUT2D eigenvalue weighted by molar-refractivity contribution is 0.0732. The number of amides is 1. The second-order valence-corrected chi connectivity index (χ2v) is 7.87. The Morgan fingerprint density at radius 3 is 2.67 bits per heavy atom. The van der Waals surface area contributed by atoms with E-state index in [0.29, 0.717) is 18.8 Å². The van der Waals surface area contributed by atoms with Crippen LogP contribution in [0.15, 0.2) is 30.5 Å². The summed E-state index contributed by atoms with van der Waals surface area (Å²) in [7, 11) is 1.67. The van der Waals surface area contributed by atoms with Crippen molar-refractivity contribution in [3.8, 4) is 5.75 Å². The number of carbonyl (C=O) groups is 1. The monoisotopic (exact) mass is 385 g/mol. The number of fused-ring (bicyclic) bond motifs is 1. The predicted molar refractivity (Wildman–Crippen MR) is 107 cm³/mol. The molecule has 0 saturated carbocycles. The number of aromatic nitrogens is 3. The maximum Gasteiger partial charge on any atom is 0.272 e. The van der Waals surface area contributed by atoms with Crippen molar-refractivity contribution in [1.82, 2.24) is 19.7 Å². The number of benzene rings is 1. The van der Waals surface area contributed by atoms with Crippen LogP contribution >= 0.6 is 11.3 Å².